The van der Waals surface area contributed by atoms with Crippen LogP contribution in [-0.2, 0) is 5.41 Å². The van der Waals surface area contributed by atoms with Gasteiger partial charge < -0.3 is 4.40 Å². The van der Waals surface area contributed by atoms with Crippen LogP contribution in [0.25, 0.3) is 38.1 Å². The maximum Gasteiger partial charge on any atom is 0.0621 e. The van der Waals surface area contributed by atoms with Gasteiger partial charge in [0.05, 0.1) is 16.6 Å². The van der Waals surface area contributed by atoms with Crippen LogP contribution < -0.4 is 0 Å². The fourth-order valence-electron chi connectivity index (χ4n) is 3.93. The van der Waals surface area contributed by atoms with Gasteiger partial charge in [0, 0.05) is 26.6 Å². The van der Waals surface area contributed by atoms with E-state index in [9.17, 15) is 0 Å². The second-order valence-electron chi connectivity index (χ2n) is 7.68. The van der Waals surface area contributed by atoms with Crippen molar-refractivity contribution in [2.24, 2.45) is 0 Å². The maximum atomic E-state index is 6.47. The highest BCUT2D eigenvalue weighted by atomic mass is 35.5. The van der Waals surface area contributed by atoms with Gasteiger partial charge in [-0.05, 0) is 41.3 Å². The van der Waals surface area contributed by atoms with Crippen LogP contribution >= 0.6 is 11.6 Å². The molecule has 0 aliphatic rings. The van der Waals surface area contributed by atoms with Gasteiger partial charge in [0.1, 0.15) is 0 Å². The van der Waals surface area contributed by atoms with E-state index in [1.165, 1.54) is 43.7 Å². The molecule has 5 aromatic rings. The average molecular weight is 332 g/mol. The summed E-state index contributed by atoms with van der Waals surface area (Å²) in [5.74, 6) is 0. The molecular weight excluding hydrogens is 314 g/mol. The van der Waals surface area contributed by atoms with Crippen LogP contribution in [0, 0.1) is 0 Å². The van der Waals surface area contributed by atoms with Gasteiger partial charge in [0.2, 0.25) is 0 Å². The third kappa shape index (κ3) is 1.71. The van der Waals surface area contributed by atoms with Crippen molar-refractivity contribution >= 4 is 49.7 Å². The summed E-state index contributed by atoms with van der Waals surface area (Å²) in [4.78, 5) is 0. The molecule has 0 spiro atoms. The maximum absolute atomic E-state index is 6.47. The highest BCUT2D eigenvalue weighted by Gasteiger charge is 2.20. The van der Waals surface area contributed by atoms with E-state index in [4.69, 9.17) is 11.6 Å². The third-order valence-corrected chi connectivity index (χ3v) is 5.35. The standard InChI is InChI=1S/C22H18ClN/c1-22(2,3)13-8-9-20-16(10-13)18-12-14(23)11-17-15-6-4-5-7-19(15)24(20)21(17)18/h4-12H,1-3H3. The molecule has 2 heteroatoms. The minimum absolute atomic E-state index is 0.131. The predicted octanol–water partition coefficient (Wildman–Crippen LogP) is 6.79. The first-order chi connectivity index (χ1) is 11.4. The minimum Gasteiger partial charge on any atom is -0.308 e. The van der Waals surface area contributed by atoms with E-state index in [0.29, 0.717) is 0 Å². The summed E-state index contributed by atoms with van der Waals surface area (Å²) < 4.78 is 2.39. The van der Waals surface area contributed by atoms with Gasteiger partial charge in [-0.1, -0.05) is 56.6 Å². The molecule has 0 aliphatic carbocycles. The number of hydrogen-bond acceptors (Lipinski definition) is 0. The van der Waals surface area contributed by atoms with E-state index in [2.05, 4.69) is 79.8 Å². The van der Waals surface area contributed by atoms with E-state index >= 15 is 0 Å². The lowest BCUT2D eigenvalue weighted by Crippen LogP contribution is -2.10. The predicted molar refractivity (Wildman–Crippen MR) is 105 cm³/mol. The Labute approximate surface area is 145 Å². The molecule has 5 rings (SSSR count). The second kappa shape index (κ2) is 4.43. The average Bonchev–Trinajstić information content (AvgIpc) is 3.04. The Bertz CT molecular complexity index is 1240. The van der Waals surface area contributed by atoms with Crippen molar-refractivity contribution in [2.75, 3.05) is 0 Å². The zero-order valence-corrected chi connectivity index (χ0v) is 14.8. The van der Waals surface area contributed by atoms with Gasteiger partial charge in [-0.3, -0.25) is 0 Å². The molecule has 118 valence electrons. The lowest BCUT2D eigenvalue weighted by molar-refractivity contribution is 0.591. The van der Waals surface area contributed by atoms with Gasteiger partial charge in [0.15, 0.2) is 0 Å². The van der Waals surface area contributed by atoms with E-state index in [0.717, 1.165) is 5.02 Å². The lowest BCUT2D eigenvalue weighted by Gasteiger charge is -2.19. The molecule has 0 fully saturated rings. The van der Waals surface area contributed by atoms with Gasteiger partial charge in [-0.25, -0.2) is 0 Å². The topological polar surface area (TPSA) is 4.41 Å². The van der Waals surface area contributed by atoms with Crippen LogP contribution in [0.3, 0.4) is 0 Å². The molecule has 0 saturated heterocycles. The Kier molecular flexibility index (Phi) is 2.61. The minimum atomic E-state index is 0.131. The van der Waals surface area contributed by atoms with Crippen molar-refractivity contribution in [3.8, 4) is 0 Å². The van der Waals surface area contributed by atoms with E-state index < -0.39 is 0 Å². The van der Waals surface area contributed by atoms with Crippen LogP contribution in [0.2, 0.25) is 5.02 Å². The molecule has 1 nitrogen and oxygen atoms in total. The smallest absolute Gasteiger partial charge is 0.0621 e. The monoisotopic (exact) mass is 331 g/mol. The first kappa shape index (κ1) is 14.1. The number of hydrogen-bond donors (Lipinski definition) is 0. The Morgan fingerprint density at radius 3 is 2.17 bits per heavy atom. The Hall–Kier alpha value is -2.25. The first-order valence-electron chi connectivity index (χ1n) is 8.33. The zero-order chi connectivity index (χ0) is 16.6. The summed E-state index contributed by atoms with van der Waals surface area (Å²) in [6.07, 6.45) is 0. The summed E-state index contributed by atoms with van der Waals surface area (Å²) >= 11 is 6.47. The molecule has 0 atom stereocenters. The van der Waals surface area contributed by atoms with Crippen molar-refractivity contribution in [3.63, 3.8) is 0 Å². The van der Waals surface area contributed by atoms with Crippen LogP contribution in [0.4, 0.5) is 0 Å². The molecule has 0 N–H and O–H groups in total. The Balaban J connectivity index is 2.09. The summed E-state index contributed by atoms with van der Waals surface area (Å²) in [7, 11) is 0. The summed E-state index contributed by atoms with van der Waals surface area (Å²) in [6, 6.07) is 19.6. The quantitative estimate of drug-likeness (QED) is 0.294. The molecule has 24 heavy (non-hydrogen) atoms. The molecule has 0 unspecified atom stereocenters. The van der Waals surface area contributed by atoms with Crippen LogP contribution in [0.5, 0.6) is 0 Å². The van der Waals surface area contributed by atoms with E-state index in [1.54, 1.807) is 0 Å². The van der Waals surface area contributed by atoms with Crippen molar-refractivity contribution in [3.05, 3.63) is 65.2 Å². The van der Waals surface area contributed by atoms with Gasteiger partial charge >= 0.3 is 0 Å². The normalized spacial score (nSPS) is 13.0. The summed E-state index contributed by atoms with van der Waals surface area (Å²) in [6.45, 7) is 6.77. The number of para-hydroxylation sites is 1. The molecule has 0 aliphatic heterocycles. The molecule has 0 bridgehead atoms. The lowest BCUT2D eigenvalue weighted by atomic mass is 9.86. The Morgan fingerprint density at radius 2 is 1.42 bits per heavy atom. The van der Waals surface area contributed by atoms with Gasteiger partial charge in [-0.2, -0.15) is 0 Å². The largest absolute Gasteiger partial charge is 0.308 e. The molecular formula is C22H18ClN. The van der Waals surface area contributed by atoms with Gasteiger partial charge in [0.25, 0.3) is 0 Å². The molecule has 0 saturated carbocycles. The van der Waals surface area contributed by atoms with E-state index in [-0.39, 0.29) is 5.41 Å². The second-order valence-corrected chi connectivity index (χ2v) is 8.12. The Morgan fingerprint density at radius 1 is 0.750 bits per heavy atom. The molecule has 2 aromatic heterocycles. The molecule has 0 radical (unpaired) electrons. The molecule has 3 aromatic carbocycles. The first-order valence-corrected chi connectivity index (χ1v) is 8.71. The number of rotatable bonds is 0. The van der Waals surface area contributed by atoms with E-state index in [1.807, 2.05) is 0 Å². The number of halogens is 1. The van der Waals surface area contributed by atoms with Gasteiger partial charge in [-0.15, -0.1) is 0 Å². The number of nitrogens with zero attached hydrogens (tertiary/aromatic N) is 1. The summed E-state index contributed by atoms with van der Waals surface area (Å²) in [5.41, 5.74) is 5.27. The zero-order valence-electron chi connectivity index (χ0n) is 14.0. The van der Waals surface area contributed by atoms with Crippen molar-refractivity contribution in [1.29, 1.82) is 0 Å². The van der Waals surface area contributed by atoms with Crippen LogP contribution in [-0.4, -0.2) is 4.40 Å². The highest BCUT2D eigenvalue weighted by molar-refractivity contribution is 6.34. The van der Waals surface area contributed by atoms with Crippen molar-refractivity contribution in [2.45, 2.75) is 26.2 Å². The summed E-state index contributed by atoms with van der Waals surface area (Å²) in [5, 5.41) is 5.84. The van der Waals surface area contributed by atoms with Crippen molar-refractivity contribution < 1.29 is 0 Å². The third-order valence-electron chi connectivity index (χ3n) is 5.13. The number of benzene rings is 3. The molecule has 0 amide bonds. The SMILES string of the molecule is CC(C)(C)c1ccc2c(c1)c1cc(Cl)cc3c4ccccc4n2c31. The van der Waals surface area contributed by atoms with Crippen LogP contribution in [0.15, 0.2) is 54.6 Å². The van der Waals surface area contributed by atoms with Crippen LogP contribution in [0.1, 0.15) is 26.3 Å². The van der Waals surface area contributed by atoms with Crippen molar-refractivity contribution in [1.82, 2.24) is 4.40 Å². The highest BCUT2D eigenvalue weighted by Crippen LogP contribution is 2.41. The number of fused-ring (bicyclic) bond motifs is 6. The number of aromatic nitrogens is 1. The fourth-order valence-corrected chi connectivity index (χ4v) is 4.15. The fraction of sp³-hybridized carbons (Fsp3) is 0.182. The molecule has 2 heterocycles.